The van der Waals surface area contributed by atoms with Gasteiger partial charge in [-0.2, -0.15) is 5.26 Å². The van der Waals surface area contributed by atoms with Crippen LogP contribution in [0.2, 0.25) is 5.02 Å². The molecular formula is C26H22ClN5O2S2. The van der Waals surface area contributed by atoms with E-state index in [1.807, 2.05) is 48.5 Å². The van der Waals surface area contributed by atoms with E-state index in [0.717, 1.165) is 21.2 Å². The van der Waals surface area contributed by atoms with Crippen LogP contribution in [0.25, 0.3) is 0 Å². The van der Waals surface area contributed by atoms with Crippen LogP contribution in [-0.2, 0) is 10.5 Å². The lowest BCUT2D eigenvalue weighted by atomic mass is 9.76. The number of carbonyl (C=O) groups is 1. The number of hydrogen-bond acceptors (Lipinski definition) is 9. The maximum Gasteiger partial charge on any atom is 0.219 e. The summed E-state index contributed by atoms with van der Waals surface area (Å²) in [5, 5.41) is 20.1. The van der Waals surface area contributed by atoms with Crippen molar-refractivity contribution >= 4 is 45.6 Å². The van der Waals surface area contributed by atoms with Crippen LogP contribution in [0.5, 0.6) is 5.75 Å². The molecule has 2 N–H and O–H groups in total. The van der Waals surface area contributed by atoms with Crippen LogP contribution in [-0.4, -0.2) is 23.1 Å². The first kappa shape index (κ1) is 24.4. The molecule has 7 nitrogen and oxygen atoms in total. The molecule has 2 heterocycles. The molecule has 0 unspecified atom stereocenters. The third-order valence-electron chi connectivity index (χ3n) is 6.20. The Balaban J connectivity index is 1.52. The number of ether oxygens (including phenoxy) is 1. The van der Waals surface area contributed by atoms with Gasteiger partial charge >= 0.3 is 0 Å². The molecule has 3 aromatic rings. The number of benzene rings is 2. The van der Waals surface area contributed by atoms with E-state index >= 15 is 0 Å². The molecular weight excluding hydrogens is 514 g/mol. The van der Waals surface area contributed by atoms with E-state index in [1.165, 1.54) is 11.3 Å². The highest BCUT2D eigenvalue weighted by molar-refractivity contribution is 8.00. The van der Waals surface area contributed by atoms with Crippen LogP contribution < -0.4 is 15.4 Å². The Kier molecular flexibility index (Phi) is 7.01. The summed E-state index contributed by atoms with van der Waals surface area (Å²) in [4.78, 5) is 15.0. The number of halogens is 1. The normalized spacial score (nSPS) is 17.8. The summed E-state index contributed by atoms with van der Waals surface area (Å²) in [7, 11) is 1.59. The summed E-state index contributed by atoms with van der Waals surface area (Å²) in [6, 6.07) is 17.4. The van der Waals surface area contributed by atoms with Crippen molar-refractivity contribution in [3.05, 3.63) is 87.3 Å². The van der Waals surface area contributed by atoms with Crippen molar-refractivity contribution in [1.82, 2.24) is 10.2 Å². The van der Waals surface area contributed by atoms with E-state index in [0.29, 0.717) is 52.1 Å². The van der Waals surface area contributed by atoms with Crippen LogP contribution in [0, 0.1) is 11.3 Å². The highest BCUT2D eigenvalue weighted by Crippen LogP contribution is 2.47. The number of aromatic nitrogens is 2. The summed E-state index contributed by atoms with van der Waals surface area (Å²) >= 11 is 8.93. The number of methoxy groups -OCH3 is 1. The zero-order valence-electron chi connectivity index (χ0n) is 19.4. The lowest BCUT2D eigenvalue weighted by molar-refractivity contribution is -0.116. The minimum atomic E-state index is -0.546. The van der Waals surface area contributed by atoms with Crippen LogP contribution in [0.1, 0.15) is 36.3 Å². The fourth-order valence-electron chi connectivity index (χ4n) is 4.54. The SMILES string of the molecule is COc1cccc([C@H]2C(C#N)=C(N)N(c3nnc(SCc4ccc(Cl)cc4)s3)C3=C2C(=O)CCC3)c1. The molecule has 0 saturated heterocycles. The summed E-state index contributed by atoms with van der Waals surface area (Å²) < 4.78 is 6.16. The molecule has 5 rings (SSSR count). The zero-order valence-corrected chi connectivity index (χ0v) is 21.8. The lowest BCUT2D eigenvalue weighted by Crippen LogP contribution is -2.38. The van der Waals surface area contributed by atoms with Crippen molar-refractivity contribution in [3.63, 3.8) is 0 Å². The number of nitrogens with two attached hydrogens (primary N) is 1. The first-order chi connectivity index (χ1) is 17.5. The second kappa shape index (κ2) is 10.3. The van der Waals surface area contributed by atoms with Crippen molar-refractivity contribution in [2.45, 2.75) is 35.3 Å². The third-order valence-corrected chi connectivity index (χ3v) is 8.57. The van der Waals surface area contributed by atoms with Gasteiger partial charge in [0.15, 0.2) is 10.1 Å². The highest BCUT2D eigenvalue weighted by Gasteiger charge is 2.41. The van der Waals surface area contributed by atoms with Crippen LogP contribution in [0.15, 0.2) is 75.5 Å². The van der Waals surface area contributed by atoms with E-state index in [-0.39, 0.29) is 11.6 Å². The van der Waals surface area contributed by atoms with Gasteiger partial charge in [0.25, 0.3) is 0 Å². The average molecular weight is 536 g/mol. The summed E-state index contributed by atoms with van der Waals surface area (Å²) in [6.07, 6.45) is 1.81. The number of ketones is 1. The van der Waals surface area contributed by atoms with Crippen molar-refractivity contribution in [1.29, 1.82) is 5.26 Å². The number of allylic oxidation sites excluding steroid dienone is 3. The van der Waals surface area contributed by atoms with E-state index < -0.39 is 5.92 Å². The molecule has 1 aliphatic carbocycles. The van der Waals surface area contributed by atoms with Gasteiger partial charge in [-0.25, -0.2) is 0 Å². The number of carbonyl (C=O) groups excluding carboxylic acids is 1. The van der Waals surface area contributed by atoms with Gasteiger partial charge in [-0.05, 0) is 48.2 Å². The first-order valence-electron chi connectivity index (χ1n) is 11.3. The van der Waals surface area contributed by atoms with Gasteiger partial charge in [0.1, 0.15) is 11.6 Å². The molecule has 0 saturated carbocycles. The second-order valence-corrected chi connectivity index (χ2v) is 11.0. The van der Waals surface area contributed by atoms with Crippen molar-refractivity contribution in [2.24, 2.45) is 5.73 Å². The predicted molar refractivity (Wildman–Crippen MR) is 142 cm³/mol. The molecule has 0 bridgehead atoms. The largest absolute Gasteiger partial charge is 0.497 e. The number of thioether (sulfide) groups is 1. The molecule has 10 heteroatoms. The summed E-state index contributed by atoms with van der Waals surface area (Å²) in [6.45, 7) is 0. The van der Waals surface area contributed by atoms with Gasteiger partial charge in [0.05, 0.1) is 24.7 Å². The number of anilines is 1. The molecule has 2 aliphatic rings. The second-order valence-electron chi connectivity index (χ2n) is 8.36. The van der Waals surface area contributed by atoms with Gasteiger partial charge in [-0.3, -0.25) is 9.69 Å². The Morgan fingerprint density at radius 3 is 2.81 bits per heavy atom. The molecule has 2 aromatic carbocycles. The number of rotatable bonds is 6. The molecule has 0 radical (unpaired) electrons. The van der Waals surface area contributed by atoms with Gasteiger partial charge in [0, 0.05) is 28.5 Å². The molecule has 1 aliphatic heterocycles. The predicted octanol–water partition coefficient (Wildman–Crippen LogP) is 5.80. The van der Waals surface area contributed by atoms with Crippen LogP contribution in [0.4, 0.5) is 5.13 Å². The summed E-state index contributed by atoms with van der Waals surface area (Å²) in [5.74, 6) is 1.13. The Morgan fingerprint density at radius 2 is 2.06 bits per heavy atom. The number of nitriles is 1. The van der Waals surface area contributed by atoms with E-state index in [9.17, 15) is 10.1 Å². The molecule has 0 fully saturated rings. The Labute approximate surface area is 222 Å². The van der Waals surface area contributed by atoms with Crippen molar-refractivity contribution in [3.8, 4) is 11.8 Å². The fourth-order valence-corrected chi connectivity index (χ4v) is 6.50. The van der Waals surface area contributed by atoms with Gasteiger partial charge in [-0.15, -0.1) is 10.2 Å². The van der Waals surface area contributed by atoms with Gasteiger partial charge in [0.2, 0.25) is 5.13 Å². The first-order valence-corrected chi connectivity index (χ1v) is 13.5. The molecule has 1 atom stereocenters. The van der Waals surface area contributed by atoms with Crippen molar-refractivity contribution in [2.75, 3.05) is 12.0 Å². The van der Waals surface area contributed by atoms with E-state index in [2.05, 4.69) is 16.3 Å². The Morgan fingerprint density at radius 1 is 1.25 bits per heavy atom. The topological polar surface area (TPSA) is 105 Å². The standard InChI is InChI=1S/C26H22ClN5O2S2/c1-34-18-5-2-4-16(12-18)22-19(13-28)24(29)32(20-6-3-7-21(33)23(20)22)25-30-31-26(36-25)35-14-15-8-10-17(27)11-9-15/h2,4-5,8-12,22H,3,6-7,14,29H2,1H3/t22-/m0/s1. The minimum absolute atomic E-state index is 0.0242. The van der Waals surface area contributed by atoms with Crippen LogP contribution >= 0.6 is 34.7 Å². The third kappa shape index (κ3) is 4.60. The Bertz CT molecular complexity index is 1420. The quantitative estimate of drug-likeness (QED) is 0.395. The number of Topliss-reactive ketones (excluding diaryl/α,β-unsaturated/α-hetero) is 1. The minimum Gasteiger partial charge on any atom is -0.497 e. The zero-order chi connectivity index (χ0) is 25.2. The average Bonchev–Trinajstić information content (AvgIpc) is 3.36. The molecule has 1 aromatic heterocycles. The number of nitrogens with zero attached hydrogens (tertiary/aromatic N) is 4. The van der Waals surface area contributed by atoms with Gasteiger partial charge < -0.3 is 10.5 Å². The van der Waals surface area contributed by atoms with E-state index in [1.54, 1.807) is 23.8 Å². The monoisotopic (exact) mass is 535 g/mol. The van der Waals surface area contributed by atoms with E-state index in [4.69, 9.17) is 22.1 Å². The lowest BCUT2D eigenvalue weighted by Gasteiger charge is -2.38. The molecule has 182 valence electrons. The van der Waals surface area contributed by atoms with Gasteiger partial charge in [-0.1, -0.05) is 59.0 Å². The molecule has 36 heavy (non-hydrogen) atoms. The fraction of sp³-hybridized carbons (Fsp3) is 0.231. The highest BCUT2D eigenvalue weighted by atomic mass is 35.5. The number of hydrogen-bond donors (Lipinski definition) is 1. The molecule has 0 amide bonds. The Hall–Kier alpha value is -3.32. The summed E-state index contributed by atoms with van der Waals surface area (Å²) in [5.41, 5.74) is 10.3. The smallest absolute Gasteiger partial charge is 0.219 e. The van der Waals surface area contributed by atoms with Crippen LogP contribution in [0.3, 0.4) is 0 Å². The maximum atomic E-state index is 13.3. The molecule has 0 spiro atoms. The maximum absolute atomic E-state index is 13.3. The van der Waals surface area contributed by atoms with Crippen molar-refractivity contribution < 1.29 is 9.53 Å².